The highest BCUT2D eigenvalue weighted by Crippen LogP contribution is 2.46. The lowest BCUT2D eigenvalue weighted by Crippen LogP contribution is -2.55. The van der Waals surface area contributed by atoms with Crippen molar-refractivity contribution in [2.75, 3.05) is 20.1 Å². The number of ether oxygens (including phenoxy) is 1. The maximum atomic E-state index is 12.7. The van der Waals surface area contributed by atoms with Crippen LogP contribution in [0.2, 0.25) is 0 Å². The summed E-state index contributed by atoms with van der Waals surface area (Å²) in [4.78, 5) is 26.7. The van der Waals surface area contributed by atoms with Gasteiger partial charge in [-0.05, 0) is 30.9 Å². The second kappa shape index (κ2) is 8.64. The van der Waals surface area contributed by atoms with E-state index in [1.54, 1.807) is 7.05 Å². The van der Waals surface area contributed by atoms with Crippen molar-refractivity contribution in [1.29, 1.82) is 0 Å². The smallest absolute Gasteiger partial charge is 0.317 e. The summed E-state index contributed by atoms with van der Waals surface area (Å²) in [6, 6.07) is 8.49. The van der Waals surface area contributed by atoms with Gasteiger partial charge in [-0.2, -0.15) is 0 Å². The number of carbonyl (C=O) groups is 2. The van der Waals surface area contributed by atoms with Crippen LogP contribution in [0.15, 0.2) is 24.3 Å². The lowest BCUT2D eigenvalue weighted by molar-refractivity contribution is -0.121. The van der Waals surface area contributed by atoms with Gasteiger partial charge in [-0.3, -0.25) is 4.79 Å². The highest BCUT2D eigenvalue weighted by Gasteiger charge is 2.44. The van der Waals surface area contributed by atoms with Crippen molar-refractivity contribution in [2.24, 2.45) is 0 Å². The van der Waals surface area contributed by atoms with Crippen molar-refractivity contribution < 1.29 is 14.3 Å². The lowest BCUT2D eigenvalue weighted by atomic mass is 9.76. The molecule has 6 nitrogen and oxygen atoms in total. The standard InChI is InChI=1S/C23H33N3O3/c1-24-21(27)15-17-16-23(29-20-10-6-5-9-19(17)20)11-13-26(14-12-23)22(28)25-18-7-3-2-4-8-18/h5-6,9-10,17-18H,2-4,7-8,11-16H2,1H3,(H,24,27)(H,25,28). The van der Waals surface area contributed by atoms with Crippen molar-refractivity contribution in [3.63, 3.8) is 0 Å². The molecule has 2 fully saturated rings. The number of amides is 3. The summed E-state index contributed by atoms with van der Waals surface area (Å²) in [6.45, 7) is 1.40. The van der Waals surface area contributed by atoms with E-state index in [0.717, 1.165) is 43.4 Å². The summed E-state index contributed by atoms with van der Waals surface area (Å²) in [5, 5.41) is 5.99. The van der Waals surface area contributed by atoms with E-state index in [4.69, 9.17) is 4.74 Å². The Bertz CT molecular complexity index is 737. The Morgan fingerprint density at radius 2 is 1.86 bits per heavy atom. The van der Waals surface area contributed by atoms with Crippen LogP contribution in [-0.4, -0.2) is 48.6 Å². The Labute approximate surface area is 173 Å². The van der Waals surface area contributed by atoms with Crippen molar-refractivity contribution in [2.45, 2.75) is 75.3 Å². The van der Waals surface area contributed by atoms with Crippen LogP contribution in [0.3, 0.4) is 0 Å². The van der Waals surface area contributed by atoms with E-state index in [9.17, 15) is 9.59 Å². The van der Waals surface area contributed by atoms with E-state index < -0.39 is 0 Å². The number of benzene rings is 1. The minimum Gasteiger partial charge on any atom is -0.487 e. The Morgan fingerprint density at radius 3 is 2.59 bits per heavy atom. The number of fused-ring (bicyclic) bond motifs is 1. The van der Waals surface area contributed by atoms with Crippen LogP contribution < -0.4 is 15.4 Å². The molecule has 1 spiro atoms. The van der Waals surface area contributed by atoms with Gasteiger partial charge in [0.2, 0.25) is 5.91 Å². The van der Waals surface area contributed by atoms with Gasteiger partial charge in [0, 0.05) is 51.4 Å². The van der Waals surface area contributed by atoms with Crippen LogP contribution >= 0.6 is 0 Å². The fourth-order valence-electron chi connectivity index (χ4n) is 5.19. The molecule has 6 heteroatoms. The molecule has 0 aromatic heterocycles. The molecular weight excluding hydrogens is 366 g/mol. The predicted molar refractivity (Wildman–Crippen MR) is 112 cm³/mol. The molecule has 0 bridgehead atoms. The van der Waals surface area contributed by atoms with Crippen LogP contribution in [0.4, 0.5) is 4.79 Å². The molecule has 1 atom stereocenters. The Hall–Kier alpha value is -2.24. The molecule has 3 amide bonds. The zero-order valence-corrected chi connectivity index (χ0v) is 17.4. The zero-order valence-electron chi connectivity index (χ0n) is 17.4. The molecule has 1 saturated heterocycles. The average Bonchev–Trinajstić information content (AvgIpc) is 2.75. The summed E-state index contributed by atoms with van der Waals surface area (Å²) < 4.78 is 6.49. The molecule has 1 unspecified atom stereocenters. The lowest BCUT2D eigenvalue weighted by Gasteiger charge is -2.47. The van der Waals surface area contributed by atoms with Gasteiger partial charge in [-0.1, -0.05) is 37.5 Å². The van der Waals surface area contributed by atoms with E-state index in [0.29, 0.717) is 25.6 Å². The fraction of sp³-hybridized carbons (Fsp3) is 0.652. The number of carbonyl (C=O) groups excluding carboxylic acids is 2. The van der Waals surface area contributed by atoms with Crippen LogP contribution in [0.5, 0.6) is 5.75 Å². The maximum absolute atomic E-state index is 12.7. The maximum Gasteiger partial charge on any atom is 0.317 e. The molecule has 3 aliphatic rings. The number of hydrogen-bond acceptors (Lipinski definition) is 3. The molecule has 1 aromatic carbocycles. The quantitative estimate of drug-likeness (QED) is 0.816. The molecule has 2 N–H and O–H groups in total. The minimum absolute atomic E-state index is 0.0612. The molecule has 2 aliphatic heterocycles. The number of nitrogens with zero attached hydrogens (tertiary/aromatic N) is 1. The normalized spacial score (nSPS) is 23.8. The molecule has 0 radical (unpaired) electrons. The summed E-state index contributed by atoms with van der Waals surface area (Å²) in [5.74, 6) is 1.11. The number of likely N-dealkylation sites (tertiary alicyclic amines) is 1. The molecule has 1 aliphatic carbocycles. The number of hydrogen-bond donors (Lipinski definition) is 2. The molecule has 29 heavy (non-hydrogen) atoms. The molecular formula is C23H33N3O3. The summed E-state index contributed by atoms with van der Waals surface area (Å²) in [6.07, 6.45) is 8.85. The zero-order chi connectivity index (χ0) is 20.3. The average molecular weight is 400 g/mol. The Kier molecular flexibility index (Phi) is 5.97. The minimum atomic E-state index is -0.283. The van der Waals surface area contributed by atoms with E-state index in [1.807, 2.05) is 23.1 Å². The number of nitrogens with one attached hydrogen (secondary N) is 2. The van der Waals surface area contributed by atoms with Crippen LogP contribution in [0.25, 0.3) is 0 Å². The third kappa shape index (κ3) is 4.51. The SMILES string of the molecule is CNC(=O)CC1CC2(CCN(C(=O)NC3CCCCC3)CC2)Oc2ccccc21. The number of para-hydroxylation sites is 1. The highest BCUT2D eigenvalue weighted by atomic mass is 16.5. The highest BCUT2D eigenvalue weighted by molar-refractivity contribution is 5.77. The first-order valence-electron chi connectivity index (χ1n) is 11.1. The largest absolute Gasteiger partial charge is 0.487 e. The second-order valence-electron chi connectivity index (χ2n) is 8.87. The first kappa shape index (κ1) is 20.0. The van der Waals surface area contributed by atoms with Crippen LogP contribution in [0.1, 0.15) is 69.3 Å². The first-order valence-corrected chi connectivity index (χ1v) is 11.1. The van der Waals surface area contributed by atoms with Gasteiger partial charge in [0.25, 0.3) is 0 Å². The van der Waals surface area contributed by atoms with Gasteiger partial charge in [-0.15, -0.1) is 0 Å². The van der Waals surface area contributed by atoms with Gasteiger partial charge in [0.1, 0.15) is 11.4 Å². The topological polar surface area (TPSA) is 70.7 Å². The number of piperidine rings is 1. The van der Waals surface area contributed by atoms with Gasteiger partial charge in [0.05, 0.1) is 0 Å². The molecule has 4 rings (SSSR count). The van der Waals surface area contributed by atoms with Crippen molar-refractivity contribution in [3.05, 3.63) is 29.8 Å². The first-order chi connectivity index (χ1) is 14.1. The molecule has 158 valence electrons. The third-order valence-corrected chi connectivity index (χ3v) is 6.91. The predicted octanol–water partition coefficient (Wildman–Crippen LogP) is 3.57. The number of urea groups is 1. The van der Waals surface area contributed by atoms with Crippen molar-refractivity contribution >= 4 is 11.9 Å². The third-order valence-electron chi connectivity index (χ3n) is 6.91. The van der Waals surface area contributed by atoms with Crippen LogP contribution in [-0.2, 0) is 4.79 Å². The Morgan fingerprint density at radius 1 is 1.14 bits per heavy atom. The van der Waals surface area contributed by atoms with Gasteiger partial charge in [0.15, 0.2) is 0 Å². The molecule has 2 heterocycles. The van der Waals surface area contributed by atoms with Gasteiger partial charge in [-0.25, -0.2) is 4.79 Å². The Balaban J connectivity index is 1.40. The van der Waals surface area contributed by atoms with E-state index in [2.05, 4.69) is 16.7 Å². The second-order valence-corrected chi connectivity index (χ2v) is 8.87. The van der Waals surface area contributed by atoms with Crippen LogP contribution in [0, 0.1) is 0 Å². The summed E-state index contributed by atoms with van der Waals surface area (Å²) in [5.41, 5.74) is 0.841. The molecule has 1 aromatic rings. The number of rotatable bonds is 3. The van der Waals surface area contributed by atoms with Gasteiger partial charge >= 0.3 is 6.03 Å². The van der Waals surface area contributed by atoms with E-state index in [-0.39, 0.29) is 23.5 Å². The fourth-order valence-corrected chi connectivity index (χ4v) is 5.19. The molecule has 1 saturated carbocycles. The monoisotopic (exact) mass is 399 g/mol. The van der Waals surface area contributed by atoms with E-state index >= 15 is 0 Å². The van der Waals surface area contributed by atoms with Crippen molar-refractivity contribution in [3.8, 4) is 5.75 Å². The summed E-state index contributed by atoms with van der Waals surface area (Å²) in [7, 11) is 1.69. The van der Waals surface area contributed by atoms with E-state index in [1.165, 1.54) is 19.3 Å². The van der Waals surface area contributed by atoms with Crippen molar-refractivity contribution in [1.82, 2.24) is 15.5 Å². The van der Waals surface area contributed by atoms with Gasteiger partial charge < -0.3 is 20.3 Å². The summed E-state index contributed by atoms with van der Waals surface area (Å²) >= 11 is 0.